The van der Waals surface area contributed by atoms with Gasteiger partial charge < -0.3 is 4.74 Å². The van der Waals surface area contributed by atoms with Crippen molar-refractivity contribution in [2.45, 2.75) is 130 Å². The molecule has 0 bridgehead atoms. The van der Waals surface area contributed by atoms with Crippen molar-refractivity contribution in [1.82, 2.24) is 0 Å². The van der Waals surface area contributed by atoms with Gasteiger partial charge in [0, 0.05) is 0 Å². The van der Waals surface area contributed by atoms with Crippen LogP contribution in [0.15, 0.2) is 0 Å². The second-order valence-electron chi connectivity index (χ2n) is 8.15. The molecule has 2 unspecified atom stereocenters. The molecule has 0 aromatic carbocycles. The molecule has 0 saturated carbocycles. The lowest BCUT2D eigenvalue weighted by Gasteiger charge is -2.19. The topological polar surface area (TPSA) is 26.3 Å². The lowest BCUT2D eigenvalue weighted by atomic mass is 9.94. The number of hydrogen-bond acceptors (Lipinski definition) is 2. The standard InChI is InChI=1S/C24H48O2/c1-5-9-12-14-15-17-20-23(19-16-13-10-6-2)24(25)26-21-22(8-4)18-11-7-3/h22-23H,5-21H2,1-4H3. The number of rotatable bonds is 19. The lowest BCUT2D eigenvalue weighted by Crippen LogP contribution is -2.21. The van der Waals surface area contributed by atoms with Crippen molar-refractivity contribution >= 4 is 5.97 Å². The highest BCUT2D eigenvalue weighted by Gasteiger charge is 2.20. The van der Waals surface area contributed by atoms with E-state index in [0.29, 0.717) is 12.5 Å². The molecule has 0 rings (SSSR count). The summed E-state index contributed by atoms with van der Waals surface area (Å²) in [5.74, 6) is 0.778. The molecule has 0 radical (unpaired) electrons. The van der Waals surface area contributed by atoms with E-state index in [1.807, 2.05) is 0 Å². The molecular formula is C24H48O2. The van der Waals surface area contributed by atoms with E-state index in [4.69, 9.17) is 4.74 Å². The number of ether oxygens (including phenoxy) is 1. The Morgan fingerprint density at radius 1 is 0.654 bits per heavy atom. The van der Waals surface area contributed by atoms with Gasteiger partial charge in [0.05, 0.1) is 12.5 Å². The zero-order chi connectivity index (χ0) is 19.5. The minimum absolute atomic E-state index is 0.0880. The molecule has 0 aromatic rings. The molecule has 0 N–H and O–H groups in total. The molecule has 0 fully saturated rings. The van der Waals surface area contributed by atoms with Gasteiger partial charge in [-0.15, -0.1) is 0 Å². The van der Waals surface area contributed by atoms with Crippen LogP contribution in [0.4, 0.5) is 0 Å². The van der Waals surface area contributed by atoms with Gasteiger partial charge in [0.2, 0.25) is 0 Å². The average Bonchev–Trinajstić information content (AvgIpc) is 2.66. The van der Waals surface area contributed by atoms with Gasteiger partial charge >= 0.3 is 5.97 Å². The summed E-state index contributed by atoms with van der Waals surface area (Å²) in [4.78, 5) is 12.6. The number of hydrogen-bond donors (Lipinski definition) is 0. The molecule has 0 aliphatic carbocycles. The normalized spacial score (nSPS) is 13.5. The van der Waals surface area contributed by atoms with Gasteiger partial charge in [-0.05, 0) is 25.2 Å². The zero-order valence-electron chi connectivity index (χ0n) is 18.5. The van der Waals surface area contributed by atoms with Crippen LogP contribution in [-0.2, 0) is 9.53 Å². The summed E-state index contributed by atoms with van der Waals surface area (Å²) < 4.78 is 5.77. The van der Waals surface area contributed by atoms with Gasteiger partial charge in [-0.1, -0.05) is 111 Å². The van der Waals surface area contributed by atoms with Crippen molar-refractivity contribution in [2.24, 2.45) is 11.8 Å². The molecule has 0 aromatic heterocycles. The van der Waals surface area contributed by atoms with Gasteiger partial charge in [-0.3, -0.25) is 4.79 Å². The highest BCUT2D eigenvalue weighted by Crippen LogP contribution is 2.21. The van der Waals surface area contributed by atoms with Crippen LogP contribution in [0.5, 0.6) is 0 Å². The van der Waals surface area contributed by atoms with Gasteiger partial charge in [-0.25, -0.2) is 0 Å². The summed E-state index contributed by atoms with van der Waals surface area (Å²) in [7, 11) is 0. The minimum Gasteiger partial charge on any atom is -0.465 e. The monoisotopic (exact) mass is 368 g/mol. The maximum Gasteiger partial charge on any atom is 0.308 e. The second-order valence-corrected chi connectivity index (χ2v) is 8.15. The Labute approximate surface area is 164 Å². The van der Waals surface area contributed by atoms with Crippen LogP contribution in [0.2, 0.25) is 0 Å². The second kappa shape index (κ2) is 19.2. The largest absolute Gasteiger partial charge is 0.465 e. The van der Waals surface area contributed by atoms with Crippen LogP contribution in [0, 0.1) is 11.8 Å². The summed E-state index contributed by atoms with van der Waals surface area (Å²) >= 11 is 0. The number of esters is 1. The summed E-state index contributed by atoms with van der Waals surface area (Å²) in [5.41, 5.74) is 0. The molecule has 26 heavy (non-hydrogen) atoms. The molecule has 0 aliphatic heterocycles. The predicted octanol–water partition coefficient (Wildman–Crippen LogP) is 8.08. The molecule has 2 nitrogen and oxygen atoms in total. The summed E-state index contributed by atoms with van der Waals surface area (Å²) in [6.45, 7) is 9.57. The summed E-state index contributed by atoms with van der Waals surface area (Å²) in [5, 5.41) is 0. The molecule has 0 saturated heterocycles. The summed E-state index contributed by atoms with van der Waals surface area (Å²) in [6.07, 6.45) is 19.6. The lowest BCUT2D eigenvalue weighted by molar-refractivity contribution is -0.150. The molecule has 2 heteroatoms. The van der Waals surface area contributed by atoms with Crippen molar-refractivity contribution in [3.63, 3.8) is 0 Å². The van der Waals surface area contributed by atoms with Crippen molar-refractivity contribution in [3.8, 4) is 0 Å². The maximum absolute atomic E-state index is 12.6. The quantitative estimate of drug-likeness (QED) is 0.170. The first-order chi connectivity index (χ1) is 12.7. The fraction of sp³-hybridized carbons (Fsp3) is 0.958. The summed E-state index contributed by atoms with van der Waals surface area (Å²) in [6, 6.07) is 0. The number of unbranched alkanes of at least 4 members (excludes halogenated alkanes) is 9. The van der Waals surface area contributed by atoms with E-state index < -0.39 is 0 Å². The van der Waals surface area contributed by atoms with E-state index in [1.165, 1.54) is 83.5 Å². The molecular weight excluding hydrogens is 320 g/mol. The Morgan fingerprint density at radius 3 is 1.69 bits per heavy atom. The third-order valence-electron chi connectivity index (χ3n) is 5.65. The van der Waals surface area contributed by atoms with Crippen LogP contribution >= 0.6 is 0 Å². The fourth-order valence-electron chi connectivity index (χ4n) is 3.58. The van der Waals surface area contributed by atoms with Crippen LogP contribution < -0.4 is 0 Å². The van der Waals surface area contributed by atoms with Gasteiger partial charge in [0.25, 0.3) is 0 Å². The minimum atomic E-state index is 0.0880. The van der Waals surface area contributed by atoms with Gasteiger partial charge in [0.1, 0.15) is 0 Å². The Hall–Kier alpha value is -0.530. The highest BCUT2D eigenvalue weighted by atomic mass is 16.5. The van der Waals surface area contributed by atoms with Crippen molar-refractivity contribution in [1.29, 1.82) is 0 Å². The van der Waals surface area contributed by atoms with E-state index >= 15 is 0 Å². The Morgan fingerprint density at radius 2 is 1.15 bits per heavy atom. The smallest absolute Gasteiger partial charge is 0.308 e. The molecule has 0 aliphatic rings. The van der Waals surface area contributed by atoms with Crippen LogP contribution in [0.1, 0.15) is 130 Å². The molecule has 2 atom stereocenters. The fourth-order valence-corrected chi connectivity index (χ4v) is 3.58. The Bertz CT molecular complexity index is 301. The third kappa shape index (κ3) is 14.6. The first-order valence-electron chi connectivity index (χ1n) is 11.9. The predicted molar refractivity (Wildman–Crippen MR) is 115 cm³/mol. The van der Waals surface area contributed by atoms with Crippen molar-refractivity contribution < 1.29 is 9.53 Å². The zero-order valence-corrected chi connectivity index (χ0v) is 18.5. The molecule has 0 amide bonds. The van der Waals surface area contributed by atoms with E-state index in [-0.39, 0.29) is 11.9 Å². The molecule has 0 heterocycles. The van der Waals surface area contributed by atoms with Gasteiger partial charge in [0.15, 0.2) is 0 Å². The first-order valence-corrected chi connectivity index (χ1v) is 11.9. The average molecular weight is 369 g/mol. The molecule has 156 valence electrons. The number of carbonyl (C=O) groups is 1. The Kier molecular flexibility index (Phi) is 18.8. The van der Waals surface area contributed by atoms with E-state index in [1.54, 1.807) is 0 Å². The van der Waals surface area contributed by atoms with Crippen LogP contribution in [0.25, 0.3) is 0 Å². The van der Waals surface area contributed by atoms with Crippen LogP contribution in [0.3, 0.4) is 0 Å². The highest BCUT2D eigenvalue weighted by molar-refractivity contribution is 5.72. The molecule has 0 spiro atoms. The van der Waals surface area contributed by atoms with Gasteiger partial charge in [-0.2, -0.15) is 0 Å². The number of carbonyl (C=O) groups excluding carboxylic acids is 1. The third-order valence-corrected chi connectivity index (χ3v) is 5.65. The van der Waals surface area contributed by atoms with Crippen molar-refractivity contribution in [2.75, 3.05) is 6.61 Å². The van der Waals surface area contributed by atoms with E-state index in [0.717, 1.165) is 19.3 Å². The van der Waals surface area contributed by atoms with Crippen LogP contribution in [-0.4, -0.2) is 12.6 Å². The van der Waals surface area contributed by atoms with E-state index in [9.17, 15) is 4.79 Å². The maximum atomic E-state index is 12.6. The first kappa shape index (κ1) is 25.5. The SMILES string of the molecule is CCCCCCCCC(CCCCCC)C(=O)OCC(CC)CCCC. The van der Waals surface area contributed by atoms with Crippen molar-refractivity contribution in [3.05, 3.63) is 0 Å². The van der Waals surface area contributed by atoms with E-state index in [2.05, 4.69) is 27.7 Å². The Balaban J connectivity index is 4.25.